The Morgan fingerprint density at radius 2 is 1.44 bits per heavy atom. The molecule has 0 spiro atoms. The Bertz CT molecular complexity index is 1150. The van der Waals surface area contributed by atoms with Crippen molar-refractivity contribution in [1.29, 1.82) is 0 Å². The molecule has 0 aliphatic carbocycles. The lowest BCUT2D eigenvalue weighted by Crippen LogP contribution is -2.57. The van der Waals surface area contributed by atoms with Gasteiger partial charge < -0.3 is 26.6 Å². The Morgan fingerprint density at radius 1 is 0.791 bits per heavy atom. The first-order valence-electron chi connectivity index (χ1n) is 15.3. The summed E-state index contributed by atoms with van der Waals surface area (Å²) in [5.74, 6) is -1.18. The van der Waals surface area contributed by atoms with Gasteiger partial charge in [0.05, 0.1) is 6.04 Å². The standard InChI is InChI=1S/C33H50N6O4/c1-7-13-27(38-32(43)28(21-33(4,5)6)39-29(40)24-16-18-34-19-17-24)31(42)37-25(20-23-14-11-10-12-15-23)22-36-26(8-2)30(41)35-9-3/h10-12,14-19,25-28,36H,7-9,13,20-22H2,1-6H3,(H,35,41)(H,37,42)(H,38,43)(H,39,40)/t25?,26-,27-,28?/m0/s1. The van der Waals surface area contributed by atoms with Gasteiger partial charge in [0.1, 0.15) is 12.1 Å². The number of aromatic nitrogens is 1. The van der Waals surface area contributed by atoms with Crippen LogP contribution in [0.3, 0.4) is 0 Å². The molecule has 10 heteroatoms. The number of hydrogen-bond acceptors (Lipinski definition) is 6. The third kappa shape index (κ3) is 12.9. The molecule has 5 N–H and O–H groups in total. The van der Waals surface area contributed by atoms with Crippen LogP contribution in [0.5, 0.6) is 0 Å². The molecule has 0 saturated carbocycles. The third-order valence-corrected chi connectivity index (χ3v) is 6.95. The lowest BCUT2D eigenvalue weighted by atomic mass is 9.87. The van der Waals surface area contributed by atoms with Gasteiger partial charge in [-0.2, -0.15) is 0 Å². The van der Waals surface area contributed by atoms with Crippen LogP contribution in [0, 0.1) is 5.41 Å². The number of carbonyl (C=O) groups excluding carboxylic acids is 4. The molecule has 0 aliphatic rings. The molecule has 2 unspecified atom stereocenters. The second-order valence-corrected chi connectivity index (χ2v) is 12.0. The van der Waals surface area contributed by atoms with E-state index in [0.29, 0.717) is 50.8 Å². The highest BCUT2D eigenvalue weighted by Gasteiger charge is 2.31. The van der Waals surface area contributed by atoms with Gasteiger partial charge in [-0.15, -0.1) is 0 Å². The van der Waals surface area contributed by atoms with E-state index in [-0.39, 0.29) is 35.2 Å². The molecule has 2 rings (SSSR count). The lowest BCUT2D eigenvalue weighted by molar-refractivity contribution is -0.130. The minimum atomic E-state index is -0.836. The molecule has 0 aliphatic heterocycles. The second kappa shape index (κ2) is 18.0. The molecule has 0 radical (unpaired) electrons. The van der Waals surface area contributed by atoms with Gasteiger partial charge in [0.25, 0.3) is 5.91 Å². The fraction of sp³-hybridized carbons (Fsp3) is 0.545. The van der Waals surface area contributed by atoms with Crippen molar-refractivity contribution in [3.05, 3.63) is 66.0 Å². The lowest BCUT2D eigenvalue weighted by Gasteiger charge is -2.29. The monoisotopic (exact) mass is 594 g/mol. The Hall–Kier alpha value is -3.79. The average Bonchev–Trinajstić information content (AvgIpc) is 2.97. The number of carbonyl (C=O) groups is 4. The molecule has 0 fully saturated rings. The molecule has 0 bridgehead atoms. The molecule has 1 aromatic heterocycles. The minimum absolute atomic E-state index is 0.0791. The average molecular weight is 595 g/mol. The first kappa shape index (κ1) is 35.4. The summed E-state index contributed by atoms with van der Waals surface area (Å²) in [5.41, 5.74) is 1.18. The summed E-state index contributed by atoms with van der Waals surface area (Å²) in [5, 5.41) is 15.0. The number of hydrogen-bond donors (Lipinski definition) is 5. The molecule has 1 heterocycles. The zero-order valence-electron chi connectivity index (χ0n) is 26.5. The van der Waals surface area contributed by atoms with Crippen LogP contribution in [0.2, 0.25) is 0 Å². The zero-order chi connectivity index (χ0) is 31.8. The number of amides is 4. The molecule has 10 nitrogen and oxygen atoms in total. The van der Waals surface area contributed by atoms with Crippen molar-refractivity contribution in [2.45, 2.75) is 97.8 Å². The van der Waals surface area contributed by atoms with E-state index < -0.39 is 18.0 Å². The number of rotatable bonds is 17. The molecule has 0 saturated heterocycles. The minimum Gasteiger partial charge on any atom is -0.355 e. The van der Waals surface area contributed by atoms with E-state index in [1.807, 2.05) is 71.9 Å². The maximum Gasteiger partial charge on any atom is 0.252 e. The Morgan fingerprint density at radius 3 is 2.02 bits per heavy atom. The van der Waals surface area contributed by atoms with Crippen molar-refractivity contribution in [2.75, 3.05) is 13.1 Å². The van der Waals surface area contributed by atoms with Gasteiger partial charge >= 0.3 is 0 Å². The molecule has 43 heavy (non-hydrogen) atoms. The van der Waals surface area contributed by atoms with Crippen LogP contribution >= 0.6 is 0 Å². The summed E-state index contributed by atoms with van der Waals surface area (Å²) < 4.78 is 0. The van der Waals surface area contributed by atoms with E-state index in [1.165, 1.54) is 12.4 Å². The number of pyridine rings is 1. The first-order chi connectivity index (χ1) is 20.5. The maximum atomic E-state index is 13.6. The maximum absolute atomic E-state index is 13.6. The van der Waals surface area contributed by atoms with Gasteiger partial charge in [0, 0.05) is 37.1 Å². The van der Waals surface area contributed by atoms with Gasteiger partial charge in [-0.3, -0.25) is 24.2 Å². The first-order valence-corrected chi connectivity index (χ1v) is 15.3. The van der Waals surface area contributed by atoms with Gasteiger partial charge in [-0.1, -0.05) is 71.4 Å². The van der Waals surface area contributed by atoms with Crippen LogP contribution in [0.4, 0.5) is 0 Å². The van der Waals surface area contributed by atoms with Crippen LogP contribution in [0.25, 0.3) is 0 Å². The summed E-state index contributed by atoms with van der Waals surface area (Å²) in [6, 6.07) is 10.7. The van der Waals surface area contributed by atoms with Crippen molar-refractivity contribution in [3.8, 4) is 0 Å². The van der Waals surface area contributed by atoms with E-state index in [9.17, 15) is 19.2 Å². The quantitative estimate of drug-likeness (QED) is 0.191. The van der Waals surface area contributed by atoms with E-state index in [2.05, 4.69) is 31.6 Å². The van der Waals surface area contributed by atoms with Crippen molar-refractivity contribution in [2.24, 2.45) is 5.41 Å². The van der Waals surface area contributed by atoms with Crippen molar-refractivity contribution in [1.82, 2.24) is 31.6 Å². The van der Waals surface area contributed by atoms with Crippen LogP contribution in [-0.2, 0) is 20.8 Å². The summed E-state index contributed by atoms with van der Waals surface area (Å²) in [7, 11) is 0. The Balaban J connectivity index is 2.20. The zero-order valence-corrected chi connectivity index (χ0v) is 26.5. The summed E-state index contributed by atoms with van der Waals surface area (Å²) in [6.07, 6.45) is 5.68. The highest BCUT2D eigenvalue weighted by atomic mass is 16.2. The molecular weight excluding hydrogens is 544 g/mol. The SMILES string of the molecule is CCC[C@H](NC(=O)C(CC(C)(C)C)NC(=O)c1ccncc1)C(=O)NC(CN[C@@H](CC)C(=O)NCC)Cc1ccccc1. The van der Waals surface area contributed by atoms with Gasteiger partial charge in [-0.05, 0) is 55.7 Å². The molecule has 1 aromatic carbocycles. The smallest absolute Gasteiger partial charge is 0.252 e. The largest absolute Gasteiger partial charge is 0.355 e. The highest BCUT2D eigenvalue weighted by Crippen LogP contribution is 2.21. The molecule has 4 amide bonds. The van der Waals surface area contributed by atoms with Crippen LogP contribution in [0.1, 0.15) is 83.1 Å². The van der Waals surface area contributed by atoms with Gasteiger partial charge in [-0.25, -0.2) is 0 Å². The predicted octanol–water partition coefficient (Wildman–Crippen LogP) is 3.13. The predicted molar refractivity (Wildman–Crippen MR) is 169 cm³/mol. The van der Waals surface area contributed by atoms with Gasteiger partial charge in [0.2, 0.25) is 17.7 Å². The Kier molecular flexibility index (Phi) is 14.8. The molecule has 2 aromatic rings. The number of nitrogens with one attached hydrogen (secondary N) is 5. The number of nitrogens with zero attached hydrogens (tertiary/aromatic N) is 1. The summed E-state index contributed by atoms with van der Waals surface area (Å²) in [6.45, 7) is 12.7. The third-order valence-electron chi connectivity index (χ3n) is 6.95. The van der Waals surface area contributed by atoms with E-state index in [0.717, 1.165) is 5.56 Å². The number of likely N-dealkylation sites (N-methyl/N-ethyl adjacent to an activating group) is 1. The highest BCUT2D eigenvalue weighted by molar-refractivity contribution is 5.98. The van der Waals surface area contributed by atoms with Crippen LogP contribution in [0.15, 0.2) is 54.9 Å². The topological polar surface area (TPSA) is 141 Å². The van der Waals surface area contributed by atoms with Crippen molar-refractivity contribution >= 4 is 23.6 Å². The fourth-order valence-electron chi connectivity index (χ4n) is 4.78. The Labute approximate surface area is 256 Å². The summed E-state index contributed by atoms with van der Waals surface area (Å²) >= 11 is 0. The molecule has 4 atom stereocenters. The number of benzene rings is 1. The van der Waals surface area contributed by atoms with Crippen molar-refractivity contribution in [3.63, 3.8) is 0 Å². The van der Waals surface area contributed by atoms with E-state index >= 15 is 0 Å². The molecular formula is C33H50N6O4. The van der Waals surface area contributed by atoms with Gasteiger partial charge in [0.15, 0.2) is 0 Å². The second-order valence-electron chi connectivity index (χ2n) is 12.0. The molecule has 236 valence electrons. The summed E-state index contributed by atoms with van der Waals surface area (Å²) in [4.78, 5) is 56.5. The van der Waals surface area contributed by atoms with Crippen LogP contribution in [-0.4, -0.2) is 65.9 Å². The van der Waals surface area contributed by atoms with Crippen LogP contribution < -0.4 is 26.6 Å². The normalized spacial score (nSPS) is 14.1. The fourth-order valence-corrected chi connectivity index (χ4v) is 4.78. The van der Waals surface area contributed by atoms with E-state index in [1.54, 1.807) is 12.1 Å². The van der Waals surface area contributed by atoms with Crippen molar-refractivity contribution < 1.29 is 19.2 Å². The van der Waals surface area contributed by atoms with E-state index in [4.69, 9.17) is 0 Å².